The first-order valence-corrected chi connectivity index (χ1v) is 6.85. The molecule has 21 heavy (non-hydrogen) atoms. The molecule has 0 spiro atoms. The number of carbonyl (C=O) groups excluding carboxylic acids is 2. The van der Waals surface area contributed by atoms with E-state index < -0.39 is 0 Å². The van der Waals surface area contributed by atoms with Crippen LogP contribution in [-0.4, -0.2) is 36.9 Å². The number of rotatable bonds is 7. The maximum Gasteiger partial charge on any atom is 0.225 e. The van der Waals surface area contributed by atoms with Gasteiger partial charge in [-0.2, -0.15) is 0 Å². The third-order valence-corrected chi connectivity index (χ3v) is 3.01. The predicted molar refractivity (Wildman–Crippen MR) is 87.6 cm³/mol. The Labute approximate surface area is 132 Å². The van der Waals surface area contributed by atoms with Crippen molar-refractivity contribution < 1.29 is 9.59 Å². The molecular weight excluding hydrogens is 290 g/mol. The standard InChI is InChI=1S/C15H23N3O2.ClH/c1-4-18(12(2)19)11-13-6-5-7-14(10-13)17-15(20)8-9-16-3;/h5-7,10,16H,4,8-9,11H2,1-3H3,(H,17,20);1H. The highest BCUT2D eigenvalue weighted by atomic mass is 35.5. The minimum atomic E-state index is -0.0181. The number of anilines is 1. The zero-order valence-electron chi connectivity index (χ0n) is 12.8. The van der Waals surface area contributed by atoms with Crippen molar-refractivity contribution in [3.8, 4) is 0 Å². The van der Waals surface area contributed by atoms with Gasteiger partial charge in [-0.05, 0) is 31.7 Å². The fourth-order valence-corrected chi connectivity index (χ4v) is 1.88. The lowest BCUT2D eigenvalue weighted by Crippen LogP contribution is -2.27. The van der Waals surface area contributed by atoms with E-state index in [1.165, 1.54) is 0 Å². The summed E-state index contributed by atoms with van der Waals surface area (Å²) in [5.41, 5.74) is 1.77. The van der Waals surface area contributed by atoms with Crippen LogP contribution in [0, 0.1) is 0 Å². The van der Waals surface area contributed by atoms with Gasteiger partial charge in [0.25, 0.3) is 0 Å². The van der Waals surface area contributed by atoms with Gasteiger partial charge < -0.3 is 15.5 Å². The lowest BCUT2D eigenvalue weighted by Gasteiger charge is -2.19. The van der Waals surface area contributed by atoms with Crippen molar-refractivity contribution in [3.63, 3.8) is 0 Å². The summed E-state index contributed by atoms with van der Waals surface area (Å²) in [6.07, 6.45) is 0.440. The number of amides is 2. The zero-order valence-corrected chi connectivity index (χ0v) is 13.6. The SMILES string of the molecule is CCN(Cc1cccc(NC(=O)CCNC)c1)C(C)=O.Cl. The van der Waals surface area contributed by atoms with Gasteiger partial charge in [-0.3, -0.25) is 9.59 Å². The average Bonchev–Trinajstić information content (AvgIpc) is 2.42. The van der Waals surface area contributed by atoms with Crippen LogP contribution >= 0.6 is 12.4 Å². The Bertz CT molecular complexity index is 466. The number of halogens is 1. The third kappa shape index (κ3) is 7.11. The van der Waals surface area contributed by atoms with E-state index in [1.807, 2.05) is 38.2 Å². The van der Waals surface area contributed by atoms with E-state index in [1.54, 1.807) is 11.8 Å². The maximum absolute atomic E-state index is 11.7. The first kappa shape index (κ1) is 19.4. The van der Waals surface area contributed by atoms with Crippen LogP contribution < -0.4 is 10.6 Å². The Balaban J connectivity index is 0.00000400. The minimum Gasteiger partial charge on any atom is -0.339 e. The largest absolute Gasteiger partial charge is 0.339 e. The Kier molecular flexibility index (Phi) is 9.41. The monoisotopic (exact) mass is 313 g/mol. The Morgan fingerprint density at radius 2 is 2.00 bits per heavy atom. The van der Waals surface area contributed by atoms with Gasteiger partial charge >= 0.3 is 0 Å². The van der Waals surface area contributed by atoms with Crippen molar-refractivity contribution in [1.29, 1.82) is 0 Å². The van der Waals surface area contributed by atoms with Gasteiger partial charge in [0.2, 0.25) is 11.8 Å². The lowest BCUT2D eigenvalue weighted by atomic mass is 10.2. The quantitative estimate of drug-likeness (QED) is 0.809. The van der Waals surface area contributed by atoms with E-state index in [0.29, 0.717) is 26.1 Å². The van der Waals surface area contributed by atoms with Crippen molar-refractivity contribution >= 4 is 29.9 Å². The van der Waals surface area contributed by atoms with Crippen molar-refractivity contribution in [2.45, 2.75) is 26.8 Å². The molecule has 0 bridgehead atoms. The van der Waals surface area contributed by atoms with Crippen molar-refractivity contribution in [2.24, 2.45) is 0 Å². The molecular formula is C15H24ClN3O2. The van der Waals surface area contributed by atoms with Crippen LogP contribution in [0.15, 0.2) is 24.3 Å². The molecule has 0 atom stereocenters. The summed E-state index contributed by atoms with van der Waals surface area (Å²) in [5.74, 6) is 0.0337. The van der Waals surface area contributed by atoms with Crippen molar-refractivity contribution in [3.05, 3.63) is 29.8 Å². The molecule has 0 saturated heterocycles. The normalized spacial score (nSPS) is 9.67. The molecule has 118 valence electrons. The molecule has 0 radical (unpaired) electrons. The zero-order chi connectivity index (χ0) is 15.0. The van der Waals surface area contributed by atoms with E-state index in [-0.39, 0.29) is 24.2 Å². The van der Waals surface area contributed by atoms with E-state index in [4.69, 9.17) is 0 Å². The summed E-state index contributed by atoms with van der Waals surface area (Å²) >= 11 is 0. The molecule has 0 aliphatic rings. The fourth-order valence-electron chi connectivity index (χ4n) is 1.88. The van der Waals surface area contributed by atoms with E-state index in [9.17, 15) is 9.59 Å². The molecule has 0 unspecified atom stereocenters. The number of carbonyl (C=O) groups is 2. The van der Waals surface area contributed by atoms with Crippen LogP contribution in [-0.2, 0) is 16.1 Å². The van der Waals surface area contributed by atoms with E-state index in [0.717, 1.165) is 11.3 Å². The summed E-state index contributed by atoms with van der Waals surface area (Å²) < 4.78 is 0. The number of hydrogen-bond donors (Lipinski definition) is 2. The van der Waals surface area contributed by atoms with Crippen LogP contribution in [0.1, 0.15) is 25.8 Å². The number of benzene rings is 1. The Morgan fingerprint density at radius 1 is 1.29 bits per heavy atom. The lowest BCUT2D eigenvalue weighted by molar-refractivity contribution is -0.129. The molecule has 5 nitrogen and oxygen atoms in total. The van der Waals surface area contributed by atoms with Gasteiger partial charge in [-0.25, -0.2) is 0 Å². The molecule has 0 aliphatic heterocycles. The molecule has 6 heteroatoms. The van der Waals surface area contributed by atoms with Crippen LogP contribution in [0.25, 0.3) is 0 Å². The molecule has 1 aromatic carbocycles. The summed E-state index contributed by atoms with van der Waals surface area (Å²) in [4.78, 5) is 24.8. The summed E-state index contributed by atoms with van der Waals surface area (Å²) in [7, 11) is 1.81. The smallest absolute Gasteiger partial charge is 0.225 e. The second kappa shape index (κ2) is 10.2. The van der Waals surface area contributed by atoms with Gasteiger partial charge in [0.1, 0.15) is 0 Å². The van der Waals surface area contributed by atoms with E-state index in [2.05, 4.69) is 10.6 Å². The maximum atomic E-state index is 11.7. The fraction of sp³-hybridized carbons (Fsp3) is 0.467. The molecule has 0 aliphatic carbocycles. The molecule has 1 aromatic rings. The number of nitrogens with zero attached hydrogens (tertiary/aromatic N) is 1. The van der Waals surface area contributed by atoms with Crippen molar-refractivity contribution in [2.75, 3.05) is 25.5 Å². The van der Waals surface area contributed by atoms with Gasteiger partial charge in [0.15, 0.2) is 0 Å². The summed E-state index contributed by atoms with van der Waals surface area (Å²) in [6.45, 7) is 5.40. The second-order valence-corrected chi connectivity index (χ2v) is 4.64. The van der Waals surface area contributed by atoms with Gasteiger partial charge in [-0.15, -0.1) is 12.4 Å². The average molecular weight is 314 g/mol. The number of hydrogen-bond acceptors (Lipinski definition) is 3. The summed E-state index contributed by atoms with van der Waals surface area (Å²) in [6, 6.07) is 7.60. The van der Waals surface area contributed by atoms with Crippen LogP contribution in [0.2, 0.25) is 0 Å². The molecule has 0 saturated carbocycles. The minimum absolute atomic E-state index is 0. The highest BCUT2D eigenvalue weighted by Gasteiger charge is 2.08. The summed E-state index contributed by atoms with van der Waals surface area (Å²) in [5, 5.41) is 5.79. The predicted octanol–water partition coefficient (Wildman–Crippen LogP) is 2.02. The third-order valence-electron chi connectivity index (χ3n) is 3.01. The second-order valence-electron chi connectivity index (χ2n) is 4.64. The van der Waals surface area contributed by atoms with Crippen molar-refractivity contribution in [1.82, 2.24) is 10.2 Å². The van der Waals surface area contributed by atoms with Gasteiger partial charge in [0, 0.05) is 38.7 Å². The Morgan fingerprint density at radius 3 is 2.57 bits per heavy atom. The van der Waals surface area contributed by atoms with Crippen LogP contribution in [0.3, 0.4) is 0 Å². The topological polar surface area (TPSA) is 61.4 Å². The first-order chi connectivity index (χ1) is 9.56. The van der Waals surface area contributed by atoms with Crippen LogP contribution in [0.4, 0.5) is 5.69 Å². The van der Waals surface area contributed by atoms with E-state index >= 15 is 0 Å². The molecule has 0 heterocycles. The van der Waals surface area contributed by atoms with Gasteiger partial charge in [0.05, 0.1) is 0 Å². The first-order valence-electron chi connectivity index (χ1n) is 6.85. The number of nitrogens with one attached hydrogen (secondary N) is 2. The molecule has 2 N–H and O–H groups in total. The Hall–Kier alpha value is -1.59. The highest BCUT2D eigenvalue weighted by Crippen LogP contribution is 2.13. The molecule has 2 amide bonds. The molecule has 1 rings (SSSR count). The molecule has 0 aromatic heterocycles. The molecule has 0 fully saturated rings. The van der Waals surface area contributed by atoms with Gasteiger partial charge in [-0.1, -0.05) is 12.1 Å². The highest BCUT2D eigenvalue weighted by molar-refractivity contribution is 5.90. The van der Waals surface area contributed by atoms with Crippen LogP contribution in [0.5, 0.6) is 0 Å².